The average molecular weight is 426 g/mol. The molecule has 0 aliphatic rings. The van der Waals surface area contributed by atoms with E-state index in [4.69, 9.17) is 16.3 Å². The van der Waals surface area contributed by atoms with Crippen LogP contribution in [-0.4, -0.2) is 24.5 Å². The molecule has 0 atom stereocenters. The van der Waals surface area contributed by atoms with Gasteiger partial charge in [-0.15, -0.1) is 11.8 Å². The van der Waals surface area contributed by atoms with Crippen LogP contribution in [0.25, 0.3) is 0 Å². The van der Waals surface area contributed by atoms with Crippen LogP contribution in [0.5, 0.6) is 5.75 Å². The molecule has 3 nitrogen and oxygen atoms in total. The lowest BCUT2D eigenvalue weighted by molar-refractivity contribution is 0.0785. The minimum atomic E-state index is -0.00496. The average Bonchev–Trinajstić information content (AvgIpc) is 2.74. The lowest BCUT2D eigenvalue weighted by Crippen LogP contribution is -2.26. The van der Waals surface area contributed by atoms with Crippen molar-refractivity contribution in [1.29, 1.82) is 0 Å². The Kier molecular flexibility index (Phi) is 7.62. The van der Waals surface area contributed by atoms with Gasteiger partial charge in [-0.25, -0.2) is 0 Å². The van der Waals surface area contributed by atoms with Crippen LogP contribution < -0.4 is 4.74 Å². The van der Waals surface area contributed by atoms with Gasteiger partial charge in [-0.2, -0.15) is 0 Å². The Labute approximate surface area is 181 Å². The highest BCUT2D eigenvalue weighted by Crippen LogP contribution is 2.30. The van der Waals surface area contributed by atoms with Crippen LogP contribution in [0, 0.1) is 0 Å². The lowest BCUT2D eigenvalue weighted by Gasteiger charge is -2.19. The van der Waals surface area contributed by atoms with E-state index in [9.17, 15) is 4.79 Å². The molecule has 0 saturated carbocycles. The fraction of sp³-hybridized carbons (Fsp3) is 0.208. The van der Waals surface area contributed by atoms with Crippen LogP contribution in [0.3, 0.4) is 0 Å². The molecule has 0 radical (unpaired) electrons. The molecule has 0 aromatic heterocycles. The summed E-state index contributed by atoms with van der Waals surface area (Å²) < 4.78 is 5.78. The molecule has 0 saturated heterocycles. The first kappa shape index (κ1) is 21.3. The van der Waals surface area contributed by atoms with Crippen molar-refractivity contribution in [3.05, 3.63) is 94.5 Å². The van der Waals surface area contributed by atoms with Crippen molar-refractivity contribution in [3.63, 3.8) is 0 Å². The number of ether oxygens (including phenoxy) is 1. The molecule has 0 unspecified atom stereocenters. The van der Waals surface area contributed by atoms with E-state index in [2.05, 4.69) is 0 Å². The summed E-state index contributed by atoms with van der Waals surface area (Å²) in [4.78, 5) is 15.8. The van der Waals surface area contributed by atoms with Gasteiger partial charge in [-0.05, 0) is 55.0 Å². The SMILES string of the molecule is CCOc1ccc(C(=O)N(C)Cc2ccccc2)cc1CSc1ccc(Cl)cc1. The molecular formula is C24H24ClNO2S. The molecule has 0 aliphatic heterocycles. The highest BCUT2D eigenvalue weighted by atomic mass is 35.5. The summed E-state index contributed by atoms with van der Waals surface area (Å²) in [5.74, 6) is 1.52. The summed E-state index contributed by atoms with van der Waals surface area (Å²) in [5.41, 5.74) is 2.78. The molecule has 1 amide bonds. The van der Waals surface area contributed by atoms with E-state index in [1.54, 1.807) is 16.7 Å². The number of hydrogen-bond acceptors (Lipinski definition) is 3. The first-order valence-electron chi connectivity index (χ1n) is 9.50. The molecule has 29 heavy (non-hydrogen) atoms. The van der Waals surface area contributed by atoms with Crippen LogP contribution in [0.2, 0.25) is 5.02 Å². The zero-order chi connectivity index (χ0) is 20.6. The number of carbonyl (C=O) groups excluding carboxylic acids is 1. The molecule has 3 aromatic rings. The van der Waals surface area contributed by atoms with Gasteiger partial charge in [0.1, 0.15) is 5.75 Å². The summed E-state index contributed by atoms with van der Waals surface area (Å²) in [6.07, 6.45) is 0. The van der Waals surface area contributed by atoms with Gasteiger partial charge in [0.2, 0.25) is 0 Å². The van der Waals surface area contributed by atoms with Crippen molar-refractivity contribution in [2.45, 2.75) is 24.1 Å². The van der Waals surface area contributed by atoms with E-state index in [1.807, 2.05) is 86.8 Å². The van der Waals surface area contributed by atoms with Crippen LogP contribution in [-0.2, 0) is 12.3 Å². The Bertz CT molecular complexity index is 945. The third-order valence-corrected chi connectivity index (χ3v) is 5.74. The summed E-state index contributed by atoms with van der Waals surface area (Å²) in [7, 11) is 1.83. The molecule has 3 aromatic carbocycles. The quantitative estimate of drug-likeness (QED) is 0.396. The molecule has 0 heterocycles. The Hall–Kier alpha value is -2.43. The Morgan fingerprint density at radius 1 is 1.03 bits per heavy atom. The fourth-order valence-electron chi connectivity index (χ4n) is 2.96. The largest absolute Gasteiger partial charge is 0.494 e. The maximum absolute atomic E-state index is 12.9. The predicted octanol–water partition coefficient (Wildman–Crippen LogP) is 6.30. The molecule has 0 spiro atoms. The second kappa shape index (κ2) is 10.4. The van der Waals surface area contributed by atoms with E-state index in [0.29, 0.717) is 24.5 Å². The van der Waals surface area contributed by atoms with Crippen LogP contribution in [0.1, 0.15) is 28.4 Å². The summed E-state index contributed by atoms with van der Waals surface area (Å²) in [6, 6.07) is 23.4. The number of halogens is 1. The van der Waals surface area contributed by atoms with Crippen molar-refractivity contribution in [1.82, 2.24) is 4.90 Å². The second-order valence-corrected chi connectivity index (χ2v) is 8.13. The highest BCUT2D eigenvalue weighted by Gasteiger charge is 2.15. The van der Waals surface area contributed by atoms with Gasteiger partial charge in [-0.1, -0.05) is 41.9 Å². The summed E-state index contributed by atoms with van der Waals surface area (Å²) in [5, 5.41) is 0.721. The molecule has 3 rings (SSSR count). The zero-order valence-electron chi connectivity index (χ0n) is 16.6. The smallest absolute Gasteiger partial charge is 0.253 e. The van der Waals surface area contributed by atoms with Gasteiger partial charge in [-0.3, -0.25) is 4.79 Å². The molecular weight excluding hydrogens is 402 g/mol. The number of carbonyl (C=O) groups is 1. The monoisotopic (exact) mass is 425 g/mol. The Balaban J connectivity index is 1.75. The number of thioether (sulfide) groups is 1. The van der Waals surface area contributed by atoms with E-state index in [0.717, 1.165) is 26.8 Å². The third-order valence-electron chi connectivity index (χ3n) is 4.42. The van der Waals surface area contributed by atoms with Crippen molar-refractivity contribution >= 4 is 29.3 Å². The van der Waals surface area contributed by atoms with E-state index >= 15 is 0 Å². The molecule has 0 N–H and O–H groups in total. The lowest BCUT2D eigenvalue weighted by atomic mass is 10.1. The van der Waals surface area contributed by atoms with Gasteiger partial charge < -0.3 is 9.64 Å². The van der Waals surface area contributed by atoms with Gasteiger partial charge in [0.25, 0.3) is 5.91 Å². The molecule has 0 bridgehead atoms. The second-order valence-electron chi connectivity index (χ2n) is 6.64. The number of benzene rings is 3. The Morgan fingerprint density at radius 2 is 1.76 bits per heavy atom. The summed E-state index contributed by atoms with van der Waals surface area (Å²) in [6.45, 7) is 3.12. The van der Waals surface area contributed by atoms with Gasteiger partial charge >= 0.3 is 0 Å². The van der Waals surface area contributed by atoms with Crippen LogP contribution in [0.4, 0.5) is 0 Å². The van der Waals surface area contributed by atoms with Crippen molar-refractivity contribution in [2.75, 3.05) is 13.7 Å². The summed E-state index contributed by atoms with van der Waals surface area (Å²) >= 11 is 7.66. The van der Waals surface area contributed by atoms with Crippen LogP contribution in [0.15, 0.2) is 77.7 Å². The van der Waals surface area contributed by atoms with Crippen molar-refractivity contribution < 1.29 is 9.53 Å². The third kappa shape index (κ3) is 6.02. The number of amides is 1. The standard InChI is InChI=1S/C24H24ClNO2S/c1-3-28-23-14-9-19(24(27)26(2)16-18-7-5-4-6-8-18)15-20(23)17-29-22-12-10-21(25)11-13-22/h4-15H,3,16-17H2,1-2H3. The topological polar surface area (TPSA) is 29.5 Å². The van der Waals surface area contributed by atoms with E-state index in [1.165, 1.54) is 0 Å². The fourth-order valence-corrected chi connectivity index (χ4v) is 3.97. The minimum absolute atomic E-state index is 0.00496. The first-order chi connectivity index (χ1) is 14.1. The maximum Gasteiger partial charge on any atom is 0.253 e. The molecule has 5 heteroatoms. The molecule has 0 aliphatic carbocycles. The predicted molar refractivity (Wildman–Crippen MR) is 121 cm³/mol. The minimum Gasteiger partial charge on any atom is -0.494 e. The number of hydrogen-bond donors (Lipinski definition) is 0. The Morgan fingerprint density at radius 3 is 2.45 bits per heavy atom. The van der Waals surface area contributed by atoms with E-state index in [-0.39, 0.29) is 5.91 Å². The highest BCUT2D eigenvalue weighted by molar-refractivity contribution is 7.98. The van der Waals surface area contributed by atoms with E-state index < -0.39 is 0 Å². The number of nitrogens with zero attached hydrogens (tertiary/aromatic N) is 1. The van der Waals surface area contributed by atoms with Crippen LogP contribution >= 0.6 is 23.4 Å². The van der Waals surface area contributed by atoms with Crippen molar-refractivity contribution in [2.24, 2.45) is 0 Å². The van der Waals surface area contributed by atoms with Gasteiger partial charge in [0, 0.05) is 40.4 Å². The molecule has 150 valence electrons. The normalized spacial score (nSPS) is 10.6. The maximum atomic E-state index is 12.9. The number of rotatable bonds is 8. The van der Waals surface area contributed by atoms with Gasteiger partial charge in [0.05, 0.1) is 6.61 Å². The van der Waals surface area contributed by atoms with Gasteiger partial charge in [0.15, 0.2) is 0 Å². The zero-order valence-corrected chi connectivity index (χ0v) is 18.2. The van der Waals surface area contributed by atoms with Crippen molar-refractivity contribution in [3.8, 4) is 5.75 Å². The molecule has 0 fully saturated rings. The first-order valence-corrected chi connectivity index (χ1v) is 10.9.